The van der Waals surface area contributed by atoms with Crippen LogP contribution in [0.2, 0.25) is 0 Å². The van der Waals surface area contributed by atoms with Gasteiger partial charge < -0.3 is 10.2 Å². The van der Waals surface area contributed by atoms with Crippen LogP contribution in [-0.2, 0) is 11.3 Å². The highest BCUT2D eigenvalue weighted by molar-refractivity contribution is 6.01. The zero-order valence-electron chi connectivity index (χ0n) is 14.7. The molecule has 1 saturated heterocycles. The van der Waals surface area contributed by atoms with Crippen LogP contribution < -0.4 is 5.32 Å². The largest absolute Gasteiger partial charge is 0.323 e. The Morgan fingerprint density at radius 1 is 1.04 bits per heavy atom. The van der Waals surface area contributed by atoms with Crippen molar-refractivity contribution in [3.8, 4) is 0 Å². The number of rotatable bonds is 5. The van der Waals surface area contributed by atoms with E-state index in [1.54, 1.807) is 6.08 Å². The van der Waals surface area contributed by atoms with Crippen molar-refractivity contribution in [3.63, 3.8) is 0 Å². The molecule has 1 amide bonds. The van der Waals surface area contributed by atoms with Crippen LogP contribution >= 0.6 is 0 Å². The van der Waals surface area contributed by atoms with Gasteiger partial charge in [-0.25, -0.2) is 0 Å². The molecule has 0 unspecified atom stereocenters. The Bertz CT molecular complexity index is 719. The summed E-state index contributed by atoms with van der Waals surface area (Å²) in [6.45, 7) is 5.33. The summed E-state index contributed by atoms with van der Waals surface area (Å²) in [5.41, 5.74) is 3.09. The SMILES string of the molecule is CN1CCN(Cc2cccc(NC(=O)/C=C/c3ccccc3)c2)CC1. The molecule has 0 aromatic heterocycles. The molecule has 0 atom stereocenters. The average molecular weight is 335 g/mol. The summed E-state index contributed by atoms with van der Waals surface area (Å²) < 4.78 is 0. The number of piperazine rings is 1. The van der Waals surface area contributed by atoms with Crippen LogP contribution in [0.1, 0.15) is 11.1 Å². The minimum Gasteiger partial charge on any atom is -0.323 e. The molecule has 1 heterocycles. The van der Waals surface area contributed by atoms with E-state index in [-0.39, 0.29) is 5.91 Å². The highest BCUT2D eigenvalue weighted by Gasteiger charge is 2.13. The molecule has 1 fully saturated rings. The second-order valence-electron chi connectivity index (χ2n) is 6.51. The van der Waals surface area contributed by atoms with E-state index in [0.717, 1.165) is 44.0 Å². The number of hydrogen-bond acceptors (Lipinski definition) is 3. The van der Waals surface area contributed by atoms with Crippen LogP contribution in [0.3, 0.4) is 0 Å². The van der Waals surface area contributed by atoms with E-state index in [1.807, 2.05) is 48.5 Å². The molecule has 4 nitrogen and oxygen atoms in total. The molecular formula is C21H25N3O. The Hall–Kier alpha value is -2.43. The number of hydrogen-bond donors (Lipinski definition) is 1. The van der Waals surface area contributed by atoms with E-state index < -0.39 is 0 Å². The van der Waals surface area contributed by atoms with Gasteiger partial charge in [0.05, 0.1) is 0 Å². The zero-order chi connectivity index (χ0) is 17.5. The molecule has 0 spiro atoms. The Labute approximate surface area is 149 Å². The van der Waals surface area contributed by atoms with Crippen LogP contribution in [0.25, 0.3) is 6.08 Å². The lowest BCUT2D eigenvalue weighted by atomic mass is 10.1. The molecule has 0 aliphatic carbocycles. The third kappa shape index (κ3) is 5.55. The monoisotopic (exact) mass is 335 g/mol. The van der Waals surface area contributed by atoms with Gasteiger partial charge in [-0.05, 0) is 36.4 Å². The molecule has 0 radical (unpaired) electrons. The van der Waals surface area contributed by atoms with Crippen molar-refractivity contribution >= 4 is 17.7 Å². The fourth-order valence-electron chi connectivity index (χ4n) is 2.93. The van der Waals surface area contributed by atoms with Gasteiger partial charge in [-0.2, -0.15) is 0 Å². The van der Waals surface area contributed by atoms with Crippen molar-refractivity contribution < 1.29 is 4.79 Å². The molecular weight excluding hydrogens is 310 g/mol. The van der Waals surface area contributed by atoms with Crippen LogP contribution in [0.4, 0.5) is 5.69 Å². The van der Waals surface area contributed by atoms with E-state index >= 15 is 0 Å². The fourth-order valence-corrected chi connectivity index (χ4v) is 2.93. The van der Waals surface area contributed by atoms with Crippen LogP contribution in [0.5, 0.6) is 0 Å². The number of likely N-dealkylation sites (N-methyl/N-ethyl adjacent to an activating group) is 1. The highest BCUT2D eigenvalue weighted by atomic mass is 16.1. The van der Waals surface area contributed by atoms with E-state index in [4.69, 9.17) is 0 Å². The summed E-state index contributed by atoms with van der Waals surface area (Å²) in [5, 5.41) is 2.94. The van der Waals surface area contributed by atoms with Gasteiger partial charge in [0.1, 0.15) is 0 Å². The van der Waals surface area contributed by atoms with Gasteiger partial charge in [0.25, 0.3) is 0 Å². The molecule has 25 heavy (non-hydrogen) atoms. The summed E-state index contributed by atoms with van der Waals surface area (Å²) >= 11 is 0. The average Bonchev–Trinajstić information content (AvgIpc) is 2.63. The van der Waals surface area contributed by atoms with Crippen molar-refractivity contribution in [2.75, 3.05) is 38.5 Å². The zero-order valence-corrected chi connectivity index (χ0v) is 14.7. The standard InChI is InChI=1S/C21H25N3O/c1-23-12-14-24(15-13-23)17-19-8-5-9-20(16-19)22-21(25)11-10-18-6-3-2-4-7-18/h2-11,16H,12-15,17H2,1H3,(H,22,25)/b11-10+. The molecule has 1 aliphatic rings. The van der Waals surface area contributed by atoms with Crippen molar-refractivity contribution in [1.82, 2.24) is 9.80 Å². The van der Waals surface area contributed by atoms with Crippen molar-refractivity contribution in [2.24, 2.45) is 0 Å². The summed E-state index contributed by atoms with van der Waals surface area (Å²) in [7, 11) is 2.16. The molecule has 3 rings (SSSR count). The third-order valence-corrected chi connectivity index (χ3v) is 4.42. The van der Waals surface area contributed by atoms with Gasteiger partial charge in [0.15, 0.2) is 0 Å². The number of carbonyl (C=O) groups is 1. The maximum Gasteiger partial charge on any atom is 0.248 e. The number of carbonyl (C=O) groups excluding carboxylic acids is 1. The van der Waals surface area contributed by atoms with Gasteiger partial charge in [0.2, 0.25) is 5.91 Å². The van der Waals surface area contributed by atoms with Crippen LogP contribution in [0.15, 0.2) is 60.7 Å². The van der Waals surface area contributed by atoms with Gasteiger partial charge in [-0.15, -0.1) is 0 Å². The Morgan fingerprint density at radius 3 is 2.56 bits per heavy atom. The second kappa shape index (κ2) is 8.60. The molecule has 2 aromatic rings. The minimum atomic E-state index is -0.111. The lowest BCUT2D eigenvalue weighted by Crippen LogP contribution is -2.43. The predicted molar refractivity (Wildman–Crippen MR) is 103 cm³/mol. The smallest absolute Gasteiger partial charge is 0.248 e. The highest BCUT2D eigenvalue weighted by Crippen LogP contribution is 2.14. The molecule has 2 aromatic carbocycles. The normalized spacial score (nSPS) is 16.2. The van der Waals surface area contributed by atoms with Crippen LogP contribution in [-0.4, -0.2) is 48.9 Å². The Morgan fingerprint density at radius 2 is 1.80 bits per heavy atom. The molecule has 130 valence electrons. The lowest BCUT2D eigenvalue weighted by molar-refractivity contribution is -0.111. The maximum absolute atomic E-state index is 12.1. The van der Waals surface area contributed by atoms with Crippen molar-refractivity contribution in [3.05, 3.63) is 71.8 Å². The van der Waals surface area contributed by atoms with Crippen LogP contribution in [0, 0.1) is 0 Å². The topological polar surface area (TPSA) is 35.6 Å². The van der Waals surface area contributed by atoms with Gasteiger partial charge >= 0.3 is 0 Å². The molecule has 1 N–H and O–H groups in total. The van der Waals surface area contributed by atoms with E-state index in [1.165, 1.54) is 5.56 Å². The molecule has 1 aliphatic heterocycles. The fraction of sp³-hybridized carbons (Fsp3) is 0.286. The second-order valence-corrected chi connectivity index (χ2v) is 6.51. The maximum atomic E-state index is 12.1. The quantitative estimate of drug-likeness (QED) is 0.853. The van der Waals surface area contributed by atoms with E-state index in [0.29, 0.717) is 0 Å². The summed E-state index contributed by atoms with van der Waals surface area (Å²) in [5.74, 6) is -0.111. The van der Waals surface area contributed by atoms with Gasteiger partial charge in [0, 0.05) is 44.5 Å². The van der Waals surface area contributed by atoms with Gasteiger partial charge in [-0.1, -0.05) is 42.5 Å². The number of nitrogens with zero attached hydrogens (tertiary/aromatic N) is 2. The molecule has 0 saturated carbocycles. The minimum absolute atomic E-state index is 0.111. The first-order valence-corrected chi connectivity index (χ1v) is 8.73. The van der Waals surface area contributed by atoms with Crippen molar-refractivity contribution in [1.29, 1.82) is 0 Å². The molecule has 4 heteroatoms. The van der Waals surface area contributed by atoms with E-state index in [9.17, 15) is 4.79 Å². The van der Waals surface area contributed by atoms with Gasteiger partial charge in [-0.3, -0.25) is 9.69 Å². The number of amides is 1. The third-order valence-electron chi connectivity index (χ3n) is 4.42. The van der Waals surface area contributed by atoms with Crippen molar-refractivity contribution in [2.45, 2.75) is 6.54 Å². The molecule has 0 bridgehead atoms. The number of nitrogens with one attached hydrogen (secondary N) is 1. The first kappa shape index (κ1) is 17.4. The number of anilines is 1. The summed E-state index contributed by atoms with van der Waals surface area (Å²) in [4.78, 5) is 16.9. The first-order valence-electron chi connectivity index (χ1n) is 8.73. The summed E-state index contributed by atoms with van der Waals surface area (Å²) in [6.07, 6.45) is 3.39. The predicted octanol–water partition coefficient (Wildman–Crippen LogP) is 3.09. The first-order chi connectivity index (χ1) is 12.2. The Kier molecular flexibility index (Phi) is 5.99. The summed E-state index contributed by atoms with van der Waals surface area (Å²) in [6, 6.07) is 17.9. The number of benzene rings is 2. The lowest BCUT2D eigenvalue weighted by Gasteiger charge is -2.32. The Balaban J connectivity index is 1.56. The van der Waals surface area contributed by atoms with E-state index in [2.05, 4.69) is 34.3 Å².